The number of anilines is 3. The Labute approximate surface area is 316 Å². The van der Waals surface area contributed by atoms with Crippen LogP contribution in [0, 0.1) is 0 Å². The third kappa shape index (κ3) is 4.81. The lowest BCUT2D eigenvalue weighted by Crippen LogP contribution is -2.10. The van der Waals surface area contributed by atoms with Crippen LogP contribution in [0.5, 0.6) is 0 Å². The van der Waals surface area contributed by atoms with E-state index in [1.165, 1.54) is 42.3 Å². The van der Waals surface area contributed by atoms with Crippen molar-refractivity contribution in [2.45, 2.75) is 0 Å². The first-order valence-corrected chi connectivity index (χ1v) is 19.1. The molecule has 0 radical (unpaired) electrons. The Hall–Kier alpha value is -6.88. The van der Waals surface area contributed by atoms with Crippen LogP contribution in [0.4, 0.5) is 17.1 Å². The number of rotatable bonds is 6. The number of fused-ring (bicyclic) bond motifs is 8. The highest BCUT2D eigenvalue weighted by Crippen LogP contribution is 2.47. The Bertz CT molecular complexity index is 3140. The van der Waals surface area contributed by atoms with Gasteiger partial charge in [-0.25, -0.2) is 0 Å². The number of thiophene rings is 1. The largest absolute Gasteiger partial charge is 0.454 e. The molecule has 0 bridgehead atoms. The van der Waals surface area contributed by atoms with Crippen molar-refractivity contribution in [2.24, 2.45) is 0 Å². The molecule has 3 nitrogen and oxygen atoms in total. The van der Waals surface area contributed by atoms with Crippen LogP contribution in [0.15, 0.2) is 199 Å². The maximum absolute atomic E-state index is 6.83. The fourth-order valence-electron chi connectivity index (χ4n) is 8.16. The second-order valence-corrected chi connectivity index (χ2v) is 14.7. The van der Waals surface area contributed by atoms with Gasteiger partial charge in [0.25, 0.3) is 0 Å². The van der Waals surface area contributed by atoms with Gasteiger partial charge in [-0.3, -0.25) is 0 Å². The minimum absolute atomic E-state index is 0.858. The maximum atomic E-state index is 6.83. The lowest BCUT2D eigenvalue weighted by molar-refractivity contribution is 0.669. The summed E-state index contributed by atoms with van der Waals surface area (Å²) in [5.41, 5.74) is 11.8. The fourth-order valence-corrected chi connectivity index (χ4v) is 9.41. The Balaban J connectivity index is 1.12. The van der Waals surface area contributed by atoms with Crippen molar-refractivity contribution in [2.75, 3.05) is 4.90 Å². The van der Waals surface area contributed by atoms with Crippen molar-refractivity contribution >= 4 is 81.5 Å². The van der Waals surface area contributed by atoms with E-state index < -0.39 is 0 Å². The summed E-state index contributed by atoms with van der Waals surface area (Å²) in [6.45, 7) is 0. The van der Waals surface area contributed by atoms with Gasteiger partial charge >= 0.3 is 0 Å². The molecule has 54 heavy (non-hydrogen) atoms. The van der Waals surface area contributed by atoms with Crippen molar-refractivity contribution < 1.29 is 4.42 Å². The predicted octanol–water partition coefficient (Wildman–Crippen LogP) is 14.7. The average molecular weight is 709 g/mol. The van der Waals surface area contributed by atoms with Gasteiger partial charge in [-0.05, 0) is 82.9 Å². The number of aromatic nitrogens is 1. The molecule has 8 aromatic carbocycles. The highest BCUT2D eigenvalue weighted by molar-refractivity contribution is 7.25. The van der Waals surface area contributed by atoms with Gasteiger partial charge in [-0.2, -0.15) is 0 Å². The molecule has 11 aromatic rings. The lowest BCUT2D eigenvalue weighted by Gasteiger charge is -2.26. The molecule has 3 aromatic heterocycles. The molecule has 0 saturated carbocycles. The molecule has 0 saturated heterocycles. The van der Waals surface area contributed by atoms with E-state index in [1.807, 2.05) is 17.4 Å². The first-order chi connectivity index (χ1) is 26.8. The molecule has 0 aliphatic heterocycles. The summed E-state index contributed by atoms with van der Waals surface area (Å²) in [5.74, 6) is 0. The first-order valence-electron chi connectivity index (χ1n) is 18.3. The van der Waals surface area contributed by atoms with Crippen LogP contribution >= 0.6 is 11.3 Å². The van der Waals surface area contributed by atoms with E-state index >= 15 is 0 Å². The van der Waals surface area contributed by atoms with E-state index in [-0.39, 0.29) is 0 Å². The molecular formula is C50H32N2OS. The third-order valence-electron chi connectivity index (χ3n) is 10.6. The minimum atomic E-state index is 0.858. The molecule has 11 rings (SSSR count). The first kappa shape index (κ1) is 30.7. The van der Waals surface area contributed by atoms with E-state index in [0.717, 1.165) is 55.8 Å². The van der Waals surface area contributed by atoms with Crippen LogP contribution in [0.3, 0.4) is 0 Å². The summed E-state index contributed by atoms with van der Waals surface area (Å²) in [6, 6.07) is 69.4. The van der Waals surface area contributed by atoms with Gasteiger partial charge in [0.2, 0.25) is 0 Å². The molecule has 3 heterocycles. The van der Waals surface area contributed by atoms with Gasteiger partial charge in [0.1, 0.15) is 10.4 Å². The monoisotopic (exact) mass is 708 g/mol. The highest BCUT2D eigenvalue weighted by atomic mass is 32.1. The molecule has 254 valence electrons. The topological polar surface area (TPSA) is 21.3 Å². The molecule has 0 fully saturated rings. The number of para-hydroxylation sites is 2. The number of benzene rings is 8. The van der Waals surface area contributed by atoms with Gasteiger partial charge in [0.15, 0.2) is 5.58 Å². The summed E-state index contributed by atoms with van der Waals surface area (Å²) in [5, 5.41) is 6.13. The van der Waals surface area contributed by atoms with E-state index in [2.05, 4.69) is 198 Å². The van der Waals surface area contributed by atoms with Crippen LogP contribution in [0.25, 0.3) is 81.1 Å². The van der Waals surface area contributed by atoms with E-state index in [4.69, 9.17) is 4.42 Å². The zero-order chi connectivity index (χ0) is 35.6. The van der Waals surface area contributed by atoms with Crippen LogP contribution in [0.2, 0.25) is 0 Å². The lowest BCUT2D eigenvalue weighted by atomic mass is 9.98. The number of nitrogens with zero attached hydrogens (tertiary/aromatic N) is 2. The summed E-state index contributed by atoms with van der Waals surface area (Å²) in [4.78, 5) is 3.60. The number of hydrogen-bond donors (Lipinski definition) is 0. The summed E-state index contributed by atoms with van der Waals surface area (Å²) < 4.78 is 10.6. The van der Waals surface area contributed by atoms with Gasteiger partial charge < -0.3 is 13.9 Å². The number of hydrogen-bond acceptors (Lipinski definition) is 3. The third-order valence-corrected chi connectivity index (χ3v) is 11.8. The number of furan rings is 1. The van der Waals surface area contributed by atoms with Crippen molar-refractivity contribution in [3.05, 3.63) is 194 Å². The van der Waals surface area contributed by atoms with Gasteiger partial charge in [-0.15, -0.1) is 11.3 Å². The second-order valence-electron chi connectivity index (χ2n) is 13.7. The summed E-state index contributed by atoms with van der Waals surface area (Å²) in [7, 11) is 0. The average Bonchev–Trinajstić information content (AvgIpc) is 3.92. The maximum Gasteiger partial charge on any atom is 0.160 e. The molecule has 0 aliphatic rings. The molecule has 0 N–H and O–H groups in total. The zero-order valence-electron chi connectivity index (χ0n) is 29.2. The van der Waals surface area contributed by atoms with E-state index in [1.54, 1.807) is 0 Å². The predicted molar refractivity (Wildman–Crippen MR) is 229 cm³/mol. The molecule has 0 spiro atoms. The van der Waals surface area contributed by atoms with Crippen LogP contribution in [-0.4, -0.2) is 4.57 Å². The van der Waals surface area contributed by atoms with Crippen LogP contribution in [-0.2, 0) is 0 Å². The standard InChI is InChI=1S/C50H32N2OS/c1-3-13-33(14-4-1)34-23-25-36(26-24-34)51(44-32-31-39(35-15-5-2-6-16-35)47-41-18-8-11-21-45(41)53-49(44)47)37-27-29-38(30-28-37)52-43-20-10-7-17-40(43)48-42-19-9-12-22-46(42)54-50(48)52/h1-32H. The molecular weight excluding hydrogens is 677 g/mol. The molecule has 0 aliphatic carbocycles. The van der Waals surface area contributed by atoms with Crippen molar-refractivity contribution in [3.8, 4) is 27.9 Å². The normalized spacial score (nSPS) is 11.7. The smallest absolute Gasteiger partial charge is 0.160 e. The zero-order valence-corrected chi connectivity index (χ0v) is 30.0. The summed E-state index contributed by atoms with van der Waals surface area (Å²) in [6.07, 6.45) is 0. The van der Waals surface area contributed by atoms with E-state index in [0.29, 0.717) is 0 Å². The van der Waals surface area contributed by atoms with E-state index in [9.17, 15) is 0 Å². The Morgan fingerprint density at radius 2 is 1.04 bits per heavy atom. The molecule has 0 amide bonds. The molecule has 0 atom stereocenters. The van der Waals surface area contributed by atoms with Crippen molar-refractivity contribution in [1.29, 1.82) is 0 Å². The second kappa shape index (κ2) is 12.4. The summed E-state index contributed by atoms with van der Waals surface area (Å²) >= 11 is 1.86. The Kier molecular flexibility index (Phi) is 7.04. The fraction of sp³-hybridized carbons (Fsp3) is 0. The minimum Gasteiger partial charge on any atom is -0.454 e. The van der Waals surface area contributed by atoms with Crippen molar-refractivity contribution in [3.63, 3.8) is 0 Å². The quantitative estimate of drug-likeness (QED) is 0.171. The van der Waals surface area contributed by atoms with Crippen LogP contribution in [0.1, 0.15) is 0 Å². The Morgan fingerprint density at radius 3 is 1.80 bits per heavy atom. The van der Waals surface area contributed by atoms with Crippen LogP contribution < -0.4 is 4.90 Å². The molecule has 4 heteroatoms. The SMILES string of the molecule is c1ccc(-c2ccc(N(c3ccc(-n4c5ccccc5c5c6ccccc6sc54)cc3)c3ccc(-c4ccccc4)c4c3oc3ccccc34)cc2)cc1. The van der Waals surface area contributed by atoms with Gasteiger partial charge in [-0.1, -0.05) is 133 Å². The Morgan fingerprint density at radius 1 is 0.444 bits per heavy atom. The van der Waals surface area contributed by atoms with Gasteiger partial charge in [0, 0.05) is 48.7 Å². The van der Waals surface area contributed by atoms with Crippen molar-refractivity contribution in [1.82, 2.24) is 4.57 Å². The highest BCUT2D eigenvalue weighted by Gasteiger charge is 2.23. The molecule has 0 unspecified atom stereocenters. The van der Waals surface area contributed by atoms with Gasteiger partial charge in [0.05, 0.1) is 11.2 Å².